The molecule has 0 amide bonds. The molecule has 1 fully saturated rings. The molecule has 0 radical (unpaired) electrons. The summed E-state index contributed by atoms with van der Waals surface area (Å²) in [5.74, 6) is 0.353. The van der Waals surface area contributed by atoms with E-state index in [4.69, 9.17) is 33.2 Å². The van der Waals surface area contributed by atoms with Gasteiger partial charge in [0.25, 0.3) is 0 Å². The van der Waals surface area contributed by atoms with Gasteiger partial charge >= 0.3 is 0 Å². The SMILES string of the molecule is N=C(c1ccc(N2CCOCC2)c(Cl)c1)c1c(N)ncnc1N. The summed E-state index contributed by atoms with van der Waals surface area (Å²) in [4.78, 5) is 9.94. The summed E-state index contributed by atoms with van der Waals surface area (Å²) in [6.07, 6.45) is 1.27. The van der Waals surface area contributed by atoms with E-state index < -0.39 is 0 Å². The number of rotatable bonds is 3. The van der Waals surface area contributed by atoms with Crippen LogP contribution < -0.4 is 16.4 Å². The van der Waals surface area contributed by atoms with E-state index in [1.165, 1.54) is 6.33 Å². The molecule has 23 heavy (non-hydrogen) atoms. The minimum absolute atomic E-state index is 0.149. The number of hydrogen-bond donors (Lipinski definition) is 3. The van der Waals surface area contributed by atoms with Crippen LogP contribution in [0, 0.1) is 5.41 Å². The zero-order chi connectivity index (χ0) is 16.4. The first-order valence-electron chi connectivity index (χ1n) is 7.15. The van der Waals surface area contributed by atoms with Crippen molar-refractivity contribution in [2.24, 2.45) is 0 Å². The normalized spacial score (nSPS) is 14.7. The number of morpholine rings is 1. The number of hydrogen-bond acceptors (Lipinski definition) is 7. The van der Waals surface area contributed by atoms with Crippen molar-refractivity contribution >= 4 is 34.6 Å². The highest BCUT2D eigenvalue weighted by Crippen LogP contribution is 2.29. The van der Waals surface area contributed by atoms with Gasteiger partial charge in [0.1, 0.15) is 18.0 Å². The number of nitrogens with one attached hydrogen (secondary N) is 1. The lowest BCUT2D eigenvalue weighted by Gasteiger charge is -2.29. The largest absolute Gasteiger partial charge is 0.383 e. The lowest BCUT2D eigenvalue weighted by Crippen LogP contribution is -2.36. The Hall–Kier alpha value is -2.38. The van der Waals surface area contributed by atoms with Crippen LogP contribution >= 0.6 is 11.6 Å². The van der Waals surface area contributed by atoms with E-state index in [2.05, 4.69) is 14.9 Å². The molecule has 2 heterocycles. The first kappa shape index (κ1) is 15.5. The molecule has 7 nitrogen and oxygen atoms in total. The smallest absolute Gasteiger partial charge is 0.138 e. The van der Waals surface area contributed by atoms with Gasteiger partial charge in [-0.2, -0.15) is 0 Å². The lowest BCUT2D eigenvalue weighted by atomic mass is 10.0. The second kappa shape index (κ2) is 6.39. The van der Waals surface area contributed by atoms with Gasteiger partial charge in [-0.25, -0.2) is 9.97 Å². The van der Waals surface area contributed by atoms with Gasteiger partial charge in [-0.1, -0.05) is 17.7 Å². The maximum Gasteiger partial charge on any atom is 0.138 e. The molecule has 3 rings (SSSR count). The van der Waals surface area contributed by atoms with E-state index in [0.717, 1.165) is 18.8 Å². The number of ether oxygens (including phenoxy) is 1. The number of anilines is 3. The van der Waals surface area contributed by atoms with Crippen LogP contribution in [-0.4, -0.2) is 42.0 Å². The van der Waals surface area contributed by atoms with Gasteiger partial charge < -0.3 is 21.1 Å². The predicted octanol–water partition coefficient (Wildman–Crippen LogP) is 1.55. The highest BCUT2D eigenvalue weighted by Gasteiger charge is 2.18. The zero-order valence-corrected chi connectivity index (χ0v) is 13.2. The molecule has 1 aromatic carbocycles. The number of nitrogens with zero attached hydrogens (tertiary/aromatic N) is 3. The summed E-state index contributed by atoms with van der Waals surface area (Å²) in [5.41, 5.74) is 13.6. The molecule has 1 saturated heterocycles. The van der Waals surface area contributed by atoms with Gasteiger partial charge in [0.2, 0.25) is 0 Å². The third-order valence-corrected chi connectivity index (χ3v) is 4.05. The summed E-state index contributed by atoms with van der Waals surface area (Å²) >= 11 is 6.40. The monoisotopic (exact) mass is 332 g/mol. The second-order valence-electron chi connectivity index (χ2n) is 5.16. The van der Waals surface area contributed by atoms with Crippen molar-refractivity contribution in [3.8, 4) is 0 Å². The van der Waals surface area contributed by atoms with Gasteiger partial charge in [0.05, 0.1) is 35.2 Å². The van der Waals surface area contributed by atoms with Crippen molar-refractivity contribution in [1.82, 2.24) is 9.97 Å². The van der Waals surface area contributed by atoms with E-state index >= 15 is 0 Å². The van der Waals surface area contributed by atoms with E-state index in [0.29, 0.717) is 29.4 Å². The van der Waals surface area contributed by atoms with Crippen LogP contribution in [0.1, 0.15) is 11.1 Å². The van der Waals surface area contributed by atoms with E-state index in [-0.39, 0.29) is 17.3 Å². The number of aromatic nitrogens is 2. The summed E-state index contributed by atoms with van der Waals surface area (Å²) in [6.45, 7) is 2.95. The van der Waals surface area contributed by atoms with Crippen molar-refractivity contribution in [2.45, 2.75) is 0 Å². The van der Waals surface area contributed by atoms with E-state index in [1.807, 2.05) is 12.1 Å². The van der Waals surface area contributed by atoms with Crippen LogP contribution in [0.25, 0.3) is 0 Å². The number of nitrogens with two attached hydrogens (primary N) is 2. The molecular weight excluding hydrogens is 316 g/mol. The Morgan fingerprint density at radius 3 is 2.43 bits per heavy atom. The Balaban J connectivity index is 1.92. The molecule has 0 unspecified atom stereocenters. The molecule has 0 aliphatic carbocycles. The van der Waals surface area contributed by atoms with Crippen molar-refractivity contribution in [1.29, 1.82) is 5.41 Å². The Morgan fingerprint density at radius 1 is 1.17 bits per heavy atom. The fourth-order valence-corrected chi connectivity index (χ4v) is 2.84. The molecule has 0 atom stereocenters. The Labute approximate surface area is 138 Å². The Morgan fingerprint density at radius 2 is 1.83 bits per heavy atom. The standard InChI is InChI=1S/C15H17ClN6O/c16-10-7-9(1-2-11(10)22-3-5-23-6-4-22)13(17)12-14(18)20-8-21-15(12)19/h1-2,7-8,17H,3-6H2,(H4,18,19,20,21). The fraction of sp³-hybridized carbons (Fsp3) is 0.267. The number of nitrogen functional groups attached to an aromatic ring is 2. The topological polar surface area (TPSA) is 114 Å². The molecule has 5 N–H and O–H groups in total. The first-order valence-corrected chi connectivity index (χ1v) is 7.53. The van der Waals surface area contributed by atoms with E-state index in [9.17, 15) is 0 Å². The van der Waals surface area contributed by atoms with Crippen molar-refractivity contribution in [2.75, 3.05) is 42.7 Å². The molecule has 0 saturated carbocycles. The average molecular weight is 333 g/mol. The highest BCUT2D eigenvalue weighted by molar-refractivity contribution is 6.34. The summed E-state index contributed by atoms with van der Waals surface area (Å²) in [6, 6.07) is 5.46. The van der Waals surface area contributed by atoms with Gasteiger partial charge in [0.15, 0.2) is 0 Å². The van der Waals surface area contributed by atoms with Crippen LogP contribution in [0.15, 0.2) is 24.5 Å². The summed E-state index contributed by atoms with van der Waals surface area (Å²) in [7, 11) is 0. The number of halogens is 1. The second-order valence-corrected chi connectivity index (χ2v) is 5.57. The van der Waals surface area contributed by atoms with Gasteiger partial charge in [-0.05, 0) is 12.1 Å². The van der Waals surface area contributed by atoms with Gasteiger partial charge in [-0.15, -0.1) is 0 Å². The molecule has 0 bridgehead atoms. The molecule has 1 aliphatic heterocycles. The van der Waals surface area contributed by atoms with Crippen LogP contribution in [-0.2, 0) is 4.74 Å². The molecule has 0 spiro atoms. The molecular formula is C15H17ClN6O. The Kier molecular flexibility index (Phi) is 4.31. The van der Waals surface area contributed by atoms with Crippen molar-refractivity contribution in [3.05, 3.63) is 40.7 Å². The van der Waals surface area contributed by atoms with E-state index in [1.54, 1.807) is 6.07 Å². The van der Waals surface area contributed by atoms with Crippen LogP contribution in [0.4, 0.5) is 17.3 Å². The maximum absolute atomic E-state index is 8.33. The highest BCUT2D eigenvalue weighted by atomic mass is 35.5. The minimum atomic E-state index is 0.149. The van der Waals surface area contributed by atoms with Gasteiger partial charge in [0, 0.05) is 18.7 Å². The summed E-state index contributed by atoms with van der Waals surface area (Å²) < 4.78 is 5.35. The predicted molar refractivity (Wildman–Crippen MR) is 91.3 cm³/mol. The van der Waals surface area contributed by atoms with Crippen LogP contribution in [0.2, 0.25) is 5.02 Å². The molecule has 2 aromatic rings. The van der Waals surface area contributed by atoms with Gasteiger partial charge in [-0.3, -0.25) is 5.41 Å². The molecule has 120 valence electrons. The molecule has 1 aromatic heterocycles. The van der Waals surface area contributed by atoms with Crippen LogP contribution in [0.3, 0.4) is 0 Å². The average Bonchev–Trinajstić information content (AvgIpc) is 2.55. The van der Waals surface area contributed by atoms with Crippen LogP contribution in [0.5, 0.6) is 0 Å². The lowest BCUT2D eigenvalue weighted by molar-refractivity contribution is 0.122. The minimum Gasteiger partial charge on any atom is -0.383 e. The van der Waals surface area contributed by atoms with Crippen molar-refractivity contribution in [3.63, 3.8) is 0 Å². The Bertz CT molecular complexity index is 724. The zero-order valence-electron chi connectivity index (χ0n) is 12.4. The number of benzene rings is 1. The maximum atomic E-state index is 8.33. The third kappa shape index (κ3) is 3.06. The molecule has 1 aliphatic rings. The quantitative estimate of drug-likeness (QED) is 0.735. The van der Waals surface area contributed by atoms with Crippen molar-refractivity contribution < 1.29 is 4.74 Å². The first-order chi connectivity index (χ1) is 11.1. The molecule has 8 heteroatoms. The third-order valence-electron chi connectivity index (χ3n) is 3.74. The fourth-order valence-electron chi connectivity index (χ4n) is 2.54. The summed E-state index contributed by atoms with van der Waals surface area (Å²) in [5, 5.41) is 8.90.